The minimum absolute atomic E-state index is 0.0138. The largest absolute Gasteiger partial charge is 0.492 e. The second-order valence-corrected chi connectivity index (χ2v) is 9.78. The molecule has 1 amide bonds. The summed E-state index contributed by atoms with van der Waals surface area (Å²) in [7, 11) is -1.53. The molecule has 0 aromatic heterocycles. The Morgan fingerprint density at radius 2 is 1.60 bits per heavy atom. The Morgan fingerprint density at radius 3 is 2.20 bits per heavy atom. The summed E-state index contributed by atoms with van der Waals surface area (Å²) in [4.78, 5) is 24.1. The first kappa shape index (κ1) is 29.1. The van der Waals surface area contributed by atoms with Gasteiger partial charge < -0.3 is 30.5 Å². The van der Waals surface area contributed by atoms with Gasteiger partial charge in [0.15, 0.2) is 0 Å². The second-order valence-electron chi connectivity index (χ2n) is 9.78. The molecule has 210 valence electrons. The highest BCUT2D eigenvalue weighted by Gasteiger charge is 2.44. The smallest absolute Gasteiger partial charge is 0.490 e. The molecule has 40 heavy (non-hydrogen) atoms. The Morgan fingerprint density at radius 1 is 0.975 bits per heavy atom. The van der Waals surface area contributed by atoms with Crippen LogP contribution >= 0.6 is 0 Å². The first-order chi connectivity index (χ1) is 18.9. The van der Waals surface area contributed by atoms with Crippen LogP contribution in [0.4, 0.5) is 13.2 Å². The summed E-state index contributed by atoms with van der Waals surface area (Å²) in [5.74, 6) is -1.80. The van der Waals surface area contributed by atoms with Gasteiger partial charge in [-0.05, 0) is 53.2 Å². The van der Waals surface area contributed by atoms with Crippen LogP contribution in [0.25, 0.3) is 11.1 Å². The molecule has 0 atom stereocenters. The van der Waals surface area contributed by atoms with Gasteiger partial charge >= 0.3 is 19.3 Å². The lowest BCUT2D eigenvalue weighted by atomic mass is 9.74. The molecule has 2 heterocycles. The molecule has 0 saturated carbocycles. The molecule has 1 saturated heterocycles. The number of ether oxygens (including phenoxy) is 1. The number of piperidine rings is 1. The maximum absolute atomic E-state index is 13.3. The lowest BCUT2D eigenvalue weighted by molar-refractivity contribution is -0.192. The Kier molecular flexibility index (Phi) is 8.52. The van der Waals surface area contributed by atoms with Crippen LogP contribution in [0.2, 0.25) is 0 Å². The van der Waals surface area contributed by atoms with E-state index in [1.165, 1.54) is 5.56 Å². The first-order valence-corrected chi connectivity index (χ1v) is 12.6. The van der Waals surface area contributed by atoms with E-state index in [-0.39, 0.29) is 11.3 Å². The zero-order chi connectivity index (χ0) is 29.1. The van der Waals surface area contributed by atoms with Crippen LogP contribution in [0.15, 0.2) is 66.7 Å². The predicted octanol–water partition coefficient (Wildman–Crippen LogP) is 2.69. The zero-order valence-corrected chi connectivity index (χ0v) is 21.4. The lowest BCUT2D eigenvalue weighted by Crippen LogP contribution is -2.46. The molecule has 2 aliphatic heterocycles. The van der Waals surface area contributed by atoms with Gasteiger partial charge in [0, 0.05) is 36.2 Å². The van der Waals surface area contributed by atoms with Crippen molar-refractivity contribution in [1.29, 1.82) is 0 Å². The highest BCUT2D eigenvalue weighted by Crippen LogP contribution is 2.46. The normalized spacial score (nSPS) is 15.5. The van der Waals surface area contributed by atoms with Crippen molar-refractivity contribution in [2.75, 3.05) is 19.7 Å². The zero-order valence-electron chi connectivity index (χ0n) is 21.4. The Balaban J connectivity index is 0.000000470. The molecular formula is C28H28BF3N2O6. The molecule has 1 spiro atoms. The van der Waals surface area contributed by atoms with Crippen LogP contribution in [0, 0.1) is 0 Å². The number of nitrogens with two attached hydrogens (primary N) is 1. The van der Waals surface area contributed by atoms with E-state index < -0.39 is 19.3 Å². The van der Waals surface area contributed by atoms with Gasteiger partial charge in [-0.2, -0.15) is 13.2 Å². The van der Waals surface area contributed by atoms with E-state index in [9.17, 15) is 28.0 Å². The van der Waals surface area contributed by atoms with Crippen molar-refractivity contribution < 1.29 is 42.7 Å². The van der Waals surface area contributed by atoms with Crippen molar-refractivity contribution in [2.24, 2.45) is 5.73 Å². The van der Waals surface area contributed by atoms with Crippen LogP contribution in [0.1, 0.15) is 34.3 Å². The number of hydrogen-bond donors (Lipinski definition) is 4. The van der Waals surface area contributed by atoms with E-state index in [0.717, 1.165) is 35.3 Å². The van der Waals surface area contributed by atoms with Gasteiger partial charge in [-0.25, -0.2) is 4.79 Å². The number of carbonyl (C=O) groups excluding carboxylic acids is 1. The number of halogens is 3. The van der Waals surface area contributed by atoms with Crippen molar-refractivity contribution in [3.63, 3.8) is 0 Å². The molecule has 0 aliphatic carbocycles. The molecule has 5 rings (SSSR count). The van der Waals surface area contributed by atoms with Crippen LogP contribution in [0.5, 0.6) is 5.75 Å². The predicted molar refractivity (Wildman–Crippen MR) is 142 cm³/mol. The fraction of sp³-hybridized carbons (Fsp3) is 0.286. The van der Waals surface area contributed by atoms with Gasteiger partial charge in [0.1, 0.15) is 5.75 Å². The number of carboxylic acid groups (broad SMARTS) is 1. The number of aliphatic carboxylic acids is 1. The Hall–Kier alpha value is -3.87. The minimum atomic E-state index is -5.08. The van der Waals surface area contributed by atoms with Gasteiger partial charge in [-0.1, -0.05) is 48.5 Å². The third-order valence-corrected chi connectivity index (χ3v) is 7.23. The Bertz CT molecular complexity index is 1390. The quantitative estimate of drug-likeness (QED) is 0.364. The molecule has 3 aromatic carbocycles. The third-order valence-electron chi connectivity index (χ3n) is 7.23. The monoisotopic (exact) mass is 556 g/mol. The molecule has 0 radical (unpaired) electrons. The first-order valence-electron chi connectivity index (χ1n) is 12.6. The Labute approximate surface area is 228 Å². The number of benzene rings is 3. The SMILES string of the molecule is NCc1ccc2c(c1)C1(CCN(C(=O)c3cccc(-c4cccc(B(O)O)c4)c3)CC1)CO2.O=C(O)C(F)(F)F. The number of carbonyl (C=O) groups is 2. The number of rotatable bonds is 4. The molecule has 0 bridgehead atoms. The second kappa shape index (κ2) is 11.7. The maximum atomic E-state index is 13.3. The van der Waals surface area contributed by atoms with Gasteiger partial charge in [-0.15, -0.1) is 0 Å². The van der Waals surface area contributed by atoms with E-state index in [2.05, 4.69) is 6.07 Å². The summed E-state index contributed by atoms with van der Waals surface area (Å²) in [6.45, 7) is 2.50. The van der Waals surface area contributed by atoms with Crippen LogP contribution in [0.3, 0.4) is 0 Å². The summed E-state index contributed by atoms with van der Waals surface area (Å²) in [6, 6.07) is 20.8. The average molecular weight is 556 g/mol. The van der Waals surface area contributed by atoms with Crippen LogP contribution in [-0.4, -0.2) is 64.9 Å². The molecule has 1 fully saturated rings. The molecular weight excluding hydrogens is 528 g/mol. The lowest BCUT2D eigenvalue weighted by Gasteiger charge is -2.38. The molecule has 8 nitrogen and oxygen atoms in total. The van der Waals surface area contributed by atoms with E-state index >= 15 is 0 Å². The van der Waals surface area contributed by atoms with Gasteiger partial charge in [0.2, 0.25) is 0 Å². The van der Waals surface area contributed by atoms with Gasteiger partial charge in [-0.3, -0.25) is 4.79 Å². The van der Waals surface area contributed by atoms with E-state index in [0.29, 0.717) is 37.3 Å². The van der Waals surface area contributed by atoms with Crippen molar-refractivity contribution in [1.82, 2.24) is 4.90 Å². The van der Waals surface area contributed by atoms with Crippen LogP contribution in [-0.2, 0) is 16.8 Å². The van der Waals surface area contributed by atoms with Crippen molar-refractivity contribution in [3.8, 4) is 16.9 Å². The third kappa shape index (κ3) is 6.30. The molecule has 3 aromatic rings. The van der Waals surface area contributed by atoms with Crippen molar-refractivity contribution in [2.45, 2.75) is 31.0 Å². The van der Waals surface area contributed by atoms with Gasteiger partial charge in [0.25, 0.3) is 5.91 Å². The minimum Gasteiger partial charge on any atom is -0.492 e. The number of fused-ring (bicyclic) bond motifs is 2. The molecule has 12 heteroatoms. The molecule has 2 aliphatic rings. The average Bonchev–Trinajstić information content (AvgIpc) is 3.30. The fourth-order valence-electron chi connectivity index (χ4n) is 4.98. The number of likely N-dealkylation sites (tertiary alicyclic amines) is 1. The highest BCUT2D eigenvalue weighted by molar-refractivity contribution is 6.58. The van der Waals surface area contributed by atoms with Crippen molar-refractivity contribution in [3.05, 3.63) is 83.4 Å². The summed E-state index contributed by atoms with van der Waals surface area (Å²) in [5.41, 5.74) is 10.9. The summed E-state index contributed by atoms with van der Waals surface area (Å²) < 4.78 is 37.7. The maximum Gasteiger partial charge on any atom is 0.490 e. The summed E-state index contributed by atoms with van der Waals surface area (Å²) >= 11 is 0. The number of hydrogen-bond acceptors (Lipinski definition) is 6. The highest BCUT2D eigenvalue weighted by atomic mass is 19.4. The topological polar surface area (TPSA) is 133 Å². The number of carboxylic acids is 1. The molecule has 0 unspecified atom stereocenters. The van der Waals surface area contributed by atoms with E-state index in [1.54, 1.807) is 18.2 Å². The van der Waals surface area contributed by atoms with Crippen molar-refractivity contribution >= 4 is 24.5 Å². The summed E-state index contributed by atoms with van der Waals surface area (Å²) in [6.07, 6.45) is -3.37. The number of amides is 1. The van der Waals surface area contributed by atoms with Crippen LogP contribution < -0.4 is 15.9 Å². The van der Waals surface area contributed by atoms with Gasteiger partial charge in [0.05, 0.1) is 6.61 Å². The standard InChI is InChI=1S/C26H27BN2O4.C2HF3O2/c28-16-18-7-8-24-23(13-18)26(17-33-24)9-11-29(12-10-26)25(30)21-5-1-3-19(14-21)20-4-2-6-22(15-20)27(31)32;3-2(4,5)1(6)7/h1-8,13-15,31-32H,9-12,16-17,28H2;(H,6,7). The number of alkyl halides is 3. The summed E-state index contributed by atoms with van der Waals surface area (Å²) in [5, 5.41) is 26.1. The molecule has 5 N–H and O–H groups in total. The van der Waals surface area contributed by atoms with E-state index in [4.69, 9.17) is 20.4 Å². The fourth-order valence-corrected chi connectivity index (χ4v) is 4.98. The van der Waals surface area contributed by atoms with E-state index in [1.807, 2.05) is 47.4 Å². The number of nitrogens with zero attached hydrogens (tertiary/aromatic N) is 1.